The monoisotopic (exact) mass is 369 g/mol. The summed E-state index contributed by atoms with van der Waals surface area (Å²) >= 11 is 9.12. The van der Waals surface area contributed by atoms with Crippen LogP contribution in [-0.2, 0) is 0 Å². The zero-order chi connectivity index (χ0) is 15.6. The molecule has 0 radical (unpaired) electrons. The molecule has 2 rings (SSSR count). The number of hydrogen-bond acceptors (Lipinski definition) is 3. The van der Waals surface area contributed by atoms with E-state index in [1.165, 1.54) is 18.2 Å². The number of carboxylic acids is 1. The van der Waals surface area contributed by atoms with Crippen molar-refractivity contribution in [3.63, 3.8) is 0 Å². The maximum Gasteiger partial charge on any atom is 0.337 e. The molecule has 0 saturated carbocycles. The highest BCUT2D eigenvalue weighted by atomic mass is 79.9. The van der Waals surface area contributed by atoms with Crippen LogP contribution in [0.2, 0.25) is 5.02 Å². The Kier molecular flexibility index (Phi) is 4.50. The normalized spacial score (nSPS) is 10.2. The topological polar surface area (TPSA) is 86.6 Å². The number of hydrogen-bond donors (Lipinski definition) is 3. The number of nitrogens with one attached hydrogen (secondary N) is 1. The van der Waals surface area contributed by atoms with Crippen LogP contribution in [0.3, 0.4) is 0 Å². The van der Waals surface area contributed by atoms with Crippen LogP contribution in [0.15, 0.2) is 40.9 Å². The van der Waals surface area contributed by atoms with E-state index in [0.29, 0.717) is 9.50 Å². The second-order valence-electron chi connectivity index (χ2n) is 4.12. The number of halogens is 2. The molecule has 0 spiro atoms. The van der Waals surface area contributed by atoms with E-state index >= 15 is 0 Å². The van der Waals surface area contributed by atoms with E-state index in [1.807, 2.05) is 0 Å². The molecule has 21 heavy (non-hydrogen) atoms. The van der Waals surface area contributed by atoms with E-state index in [2.05, 4.69) is 21.2 Å². The van der Waals surface area contributed by atoms with Gasteiger partial charge in [0.2, 0.25) is 0 Å². The first-order valence-electron chi connectivity index (χ1n) is 5.71. The highest BCUT2D eigenvalue weighted by Gasteiger charge is 2.15. The van der Waals surface area contributed by atoms with Crippen molar-refractivity contribution in [1.29, 1.82) is 0 Å². The molecule has 2 aromatic rings. The Bertz CT molecular complexity index is 733. The van der Waals surface area contributed by atoms with Crippen LogP contribution >= 0.6 is 27.5 Å². The van der Waals surface area contributed by atoms with Crippen molar-refractivity contribution in [3.05, 3.63) is 57.0 Å². The molecule has 2 aromatic carbocycles. The van der Waals surface area contributed by atoms with Gasteiger partial charge in [-0.1, -0.05) is 11.6 Å². The van der Waals surface area contributed by atoms with Crippen molar-refractivity contribution in [1.82, 2.24) is 0 Å². The molecule has 0 aliphatic heterocycles. The van der Waals surface area contributed by atoms with E-state index in [9.17, 15) is 14.7 Å². The zero-order valence-electron chi connectivity index (χ0n) is 10.4. The standard InChI is InChI=1S/C14H9BrClNO4/c15-10-3-1-7(5-11(10)16)13(19)17-12-4-2-8(18)6-9(12)14(20)21/h1-6,18H,(H,17,19)(H,20,21). The third kappa shape index (κ3) is 3.53. The lowest BCUT2D eigenvalue weighted by Gasteiger charge is -2.09. The summed E-state index contributed by atoms with van der Waals surface area (Å²) in [6, 6.07) is 8.29. The molecule has 0 aliphatic rings. The van der Waals surface area contributed by atoms with Gasteiger partial charge in [0, 0.05) is 10.0 Å². The third-order valence-corrected chi connectivity index (χ3v) is 3.90. The summed E-state index contributed by atoms with van der Waals surface area (Å²) in [5.74, 6) is -1.95. The minimum absolute atomic E-state index is 0.0874. The first-order valence-corrected chi connectivity index (χ1v) is 6.88. The molecule has 0 aromatic heterocycles. The molecular weight excluding hydrogens is 362 g/mol. The van der Waals surface area contributed by atoms with Crippen LogP contribution in [0.25, 0.3) is 0 Å². The van der Waals surface area contributed by atoms with E-state index in [4.69, 9.17) is 16.7 Å². The maximum atomic E-state index is 12.1. The minimum atomic E-state index is -1.25. The van der Waals surface area contributed by atoms with Gasteiger partial charge in [0.15, 0.2) is 0 Å². The predicted octanol–water partition coefficient (Wildman–Crippen LogP) is 3.76. The SMILES string of the molecule is O=C(Nc1ccc(O)cc1C(=O)O)c1ccc(Br)c(Cl)c1. The fraction of sp³-hybridized carbons (Fsp3) is 0. The van der Waals surface area contributed by atoms with Gasteiger partial charge < -0.3 is 15.5 Å². The summed E-state index contributed by atoms with van der Waals surface area (Å²) in [4.78, 5) is 23.2. The van der Waals surface area contributed by atoms with Gasteiger partial charge in [0.25, 0.3) is 5.91 Å². The lowest BCUT2D eigenvalue weighted by atomic mass is 10.1. The Hall–Kier alpha value is -2.05. The molecule has 0 unspecified atom stereocenters. The van der Waals surface area contributed by atoms with Crippen LogP contribution in [0.1, 0.15) is 20.7 Å². The molecule has 7 heteroatoms. The van der Waals surface area contributed by atoms with Gasteiger partial charge in [0.05, 0.1) is 16.3 Å². The first kappa shape index (κ1) is 15.3. The van der Waals surface area contributed by atoms with Gasteiger partial charge in [0.1, 0.15) is 5.75 Å². The van der Waals surface area contributed by atoms with Gasteiger partial charge in [-0.05, 0) is 52.3 Å². The maximum absolute atomic E-state index is 12.1. The van der Waals surface area contributed by atoms with Crippen molar-refractivity contribution in [2.75, 3.05) is 5.32 Å². The highest BCUT2D eigenvalue weighted by molar-refractivity contribution is 9.10. The van der Waals surface area contributed by atoms with Crippen molar-refractivity contribution in [3.8, 4) is 5.75 Å². The summed E-state index contributed by atoms with van der Waals surface area (Å²) in [5.41, 5.74) is 0.170. The Morgan fingerprint density at radius 2 is 1.86 bits per heavy atom. The summed E-state index contributed by atoms with van der Waals surface area (Å²) in [6.07, 6.45) is 0. The average molecular weight is 371 g/mol. The summed E-state index contributed by atoms with van der Waals surface area (Å²) in [7, 11) is 0. The summed E-state index contributed by atoms with van der Waals surface area (Å²) < 4.78 is 0.650. The fourth-order valence-electron chi connectivity index (χ4n) is 1.65. The number of benzene rings is 2. The van der Waals surface area contributed by atoms with Crippen LogP contribution in [0, 0.1) is 0 Å². The largest absolute Gasteiger partial charge is 0.508 e. The molecule has 0 heterocycles. The van der Waals surface area contributed by atoms with Crippen LogP contribution < -0.4 is 5.32 Å². The second-order valence-corrected chi connectivity index (χ2v) is 5.38. The van der Waals surface area contributed by atoms with E-state index in [0.717, 1.165) is 6.07 Å². The minimum Gasteiger partial charge on any atom is -0.508 e. The predicted molar refractivity (Wildman–Crippen MR) is 82.2 cm³/mol. The van der Waals surface area contributed by atoms with Gasteiger partial charge in [-0.2, -0.15) is 0 Å². The summed E-state index contributed by atoms with van der Waals surface area (Å²) in [5, 5.41) is 21.2. The van der Waals surface area contributed by atoms with Crippen LogP contribution in [0.5, 0.6) is 5.75 Å². The number of aromatic hydroxyl groups is 1. The van der Waals surface area contributed by atoms with Crippen molar-refractivity contribution < 1.29 is 19.8 Å². The average Bonchev–Trinajstić information content (AvgIpc) is 2.43. The number of carbonyl (C=O) groups is 2. The number of phenols is 1. The molecule has 1 amide bonds. The molecular formula is C14H9BrClNO4. The van der Waals surface area contributed by atoms with Crippen molar-refractivity contribution in [2.24, 2.45) is 0 Å². The Morgan fingerprint density at radius 1 is 1.14 bits per heavy atom. The second kappa shape index (κ2) is 6.15. The molecule has 0 bridgehead atoms. The number of aromatic carboxylic acids is 1. The van der Waals surface area contributed by atoms with Crippen molar-refractivity contribution >= 4 is 45.1 Å². The molecule has 0 atom stereocenters. The number of carboxylic acid groups (broad SMARTS) is 1. The zero-order valence-corrected chi connectivity index (χ0v) is 12.8. The van der Waals surface area contributed by atoms with Gasteiger partial charge in [-0.25, -0.2) is 4.79 Å². The molecule has 108 valence electrons. The van der Waals surface area contributed by atoms with Crippen LogP contribution in [-0.4, -0.2) is 22.1 Å². The number of anilines is 1. The third-order valence-electron chi connectivity index (χ3n) is 2.66. The lowest BCUT2D eigenvalue weighted by Crippen LogP contribution is -2.14. The molecule has 0 fully saturated rings. The quantitative estimate of drug-likeness (QED) is 0.718. The number of rotatable bonds is 3. The molecule has 0 aliphatic carbocycles. The molecule has 3 N–H and O–H groups in total. The van der Waals surface area contributed by atoms with E-state index < -0.39 is 11.9 Å². The van der Waals surface area contributed by atoms with Crippen molar-refractivity contribution in [2.45, 2.75) is 0 Å². The Morgan fingerprint density at radius 3 is 2.48 bits per heavy atom. The first-order chi connectivity index (χ1) is 9.88. The van der Waals surface area contributed by atoms with Crippen LogP contribution in [0.4, 0.5) is 5.69 Å². The Balaban J connectivity index is 2.31. The van der Waals surface area contributed by atoms with E-state index in [1.54, 1.807) is 12.1 Å². The van der Waals surface area contributed by atoms with Gasteiger partial charge in [-0.3, -0.25) is 4.79 Å². The number of amides is 1. The molecule has 5 nitrogen and oxygen atoms in total. The number of phenolic OH excluding ortho intramolecular Hbond substituents is 1. The summed E-state index contributed by atoms with van der Waals surface area (Å²) in [6.45, 7) is 0. The van der Waals surface area contributed by atoms with Gasteiger partial charge >= 0.3 is 5.97 Å². The number of carbonyl (C=O) groups excluding carboxylic acids is 1. The van der Waals surface area contributed by atoms with E-state index in [-0.39, 0.29) is 22.6 Å². The Labute approximate surface area is 133 Å². The molecule has 0 saturated heterocycles. The lowest BCUT2D eigenvalue weighted by molar-refractivity contribution is 0.0697. The smallest absolute Gasteiger partial charge is 0.337 e. The van der Waals surface area contributed by atoms with Gasteiger partial charge in [-0.15, -0.1) is 0 Å². The highest BCUT2D eigenvalue weighted by Crippen LogP contribution is 2.25. The fourth-order valence-corrected chi connectivity index (χ4v) is 2.08.